The minimum atomic E-state index is -0.132. The number of amides is 1. The Hall–Kier alpha value is -2.95. The Morgan fingerprint density at radius 2 is 1.86 bits per heavy atom. The van der Waals surface area contributed by atoms with Gasteiger partial charge in [-0.25, -0.2) is 4.68 Å². The summed E-state index contributed by atoms with van der Waals surface area (Å²) in [4.78, 5) is 12.2. The highest BCUT2D eigenvalue weighted by Gasteiger charge is 2.07. The Morgan fingerprint density at radius 3 is 2.50 bits per heavy atom. The normalized spacial score (nSPS) is 10.5. The molecule has 0 saturated heterocycles. The van der Waals surface area contributed by atoms with E-state index in [1.807, 2.05) is 50.2 Å². The summed E-state index contributed by atoms with van der Waals surface area (Å²) < 4.78 is 1.72. The lowest BCUT2D eigenvalue weighted by molar-refractivity contribution is 0.102. The van der Waals surface area contributed by atoms with Gasteiger partial charge in [0, 0.05) is 11.3 Å². The molecule has 5 nitrogen and oxygen atoms in total. The molecule has 1 amide bonds. The summed E-state index contributed by atoms with van der Waals surface area (Å²) >= 11 is 0. The molecule has 0 bridgehead atoms. The lowest BCUT2D eigenvalue weighted by Crippen LogP contribution is -2.12. The van der Waals surface area contributed by atoms with Crippen molar-refractivity contribution >= 4 is 11.6 Å². The van der Waals surface area contributed by atoms with Crippen molar-refractivity contribution in [3.63, 3.8) is 0 Å². The molecule has 0 aliphatic heterocycles. The van der Waals surface area contributed by atoms with Crippen LogP contribution < -0.4 is 5.32 Å². The zero-order chi connectivity index (χ0) is 15.5. The van der Waals surface area contributed by atoms with E-state index in [1.165, 1.54) is 0 Å². The molecule has 22 heavy (non-hydrogen) atoms. The lowest BCUT2D eigenvalue weighted by atomic mass is 10.1. The molecule has 5 heteroatoms. The number of nitrogens with zero attached hydrogens (tertiary/aromatic N) is 3. The van der Waals surface area contributed by atoms with Gasteiger partial charge in [0.25, 0.3) is 5.91 Å². The van der Waals surface area contributed by atoms with Crippen molar-refractivity contribution in [2.45, 2.75) is 13.8 Å². The van der Waals surface area contributed by atoms with Crippen LogP contribution in [0.3, 0.4) is 0 Å². The van der Waals surface area contributed by atoms with Crippen molar-refractivity contribution in [3.8, 4) is 5.69 Å². The highest BCUT2D eigenvalue weighted by atomic mass is 16.1. The van der Waals surface area contributed by atoms with Crippen molar-refractivity contribution in [1.82, 2.24) is 15.0 Å². The number of rotatable bonds is 3. The summed E-state index contributed by atoms with van der Waals surface area (Å²) in [5, 5.41) is 10.7. The van der Waals surface area contributed by atoms with Gasteiger partial charge < -0.3 is 5.32 Å². The molecule has 0 fully saturated rings. The van der Waals surface area contributed by atoms with Gasteiger partial charge in [-0.3, -0.25) is 4.79 Å². The van der Waals surface area contributed by atoms with Crippen LogP contribution in [0.4, 0.5) is 5.69 Å². The van der Waals surface area contributed by atoms with E-state index in [-0.39, 0.29) is 5.91 Å². The van der Waals surface area contributed by atoms with E-state index >= 15 is 0 Å². The number of aryl methyl sites for hydroxylation is 2. The fraction of sp³-hybridized carbons (Fsp3) is 0.118. The van der Waals surface area contributed by atoms with E-state index in [4.69, 9.17) is 0 Å². The zero-order valence-electron chi connectivity index (χ0n) is 12.4. The smallest absolute Gasteiger partial charge is 0.255 e. The summed E-state index contributed by atoms with van der Waals surface area (Å²) in [6, 6.07) is 15.0. The number of hydrogen-bond donors (Lipinski definition) is 1. The van der Waals surface area contributed by atoms with Crippen LogP contribution in [-0.4, -0.2) is 20.9 Å². The quantitative estimate of drug-likeness (QED) is 0.806. The number of hydrogen-bond acceptors (Lipinski definition) is 3. The van der Waals surface area contributed by atoms with Gasteiger partial charge in [0.05, 0.1) is 17.6 Å². The van der Waals surface area contributed by atoms with E-state index < -0.39 is 0 Å². The first-order valence-electron chi connectivity index (χ1n) is 6.99. The van der Waals surface area contributed by atoms with Crippen LogP contribution in [0.15, 0.2) is 54.7 Å². The fourth-order valence-corrected chi connectivity index (χ4v) is 2.22. The van der Waals surface area contributed by atoms with Gasteiger partial charge in [0.15, 0.2) is 0 Å². The number of carbonyl (C=O) groups excluding carboxylic acids is 1. The molecule has 1 aromatic heterocycles. The van der Waals surface area contributed by atoms with E-state index in [1.54, 1.807) is 23.0 Å². The Kier molecular flexibility index (Phi) is 3.70. The highest BCUT2D eigenvalue weighted by molar-refractivity contribution is 6.04. The summed E-state index contributed by atoms with van der Waals surface area (Å²) in [6.07, 6.45) is 1.69. The summed E-state index contributed by atoms with van der Waals surface area (Å²) in [5.74, 6) is -0.132. The second kappa shape index (κ2) is 5.81. The predicted molar refractivity (Wildman–Crippen MR) is 85.2 cm³/mol. The third-order valence-electron chi connectivity index (χ3n) is 3.37. The molecule has 1 heterocycles. The Morgan fingerprint density at radius 1 is 1.09 bits per heavy atom. The maximum atomic E-state index is 12.2. The molecule has 0 atom stereocenters. The molecule has 1 N–H and O–H groups in total. The van der Waals surface area contributed by atoms with Crippen LogP contribution in [0.25, 0.3) is 5.69 Å². The van der Waals surface area contributed by atoms with Crippen molar-refractivity contribution in [2.24, 2.45) is 0 Å². The summed E-state index contributed by atoms with van der Waals surface area (Å²) in [6.45, 7) is 3.92. The topological polar surface area (TPSA) is 59.8 Å². The maximum Gasteiger partial charge on any atom is 0.255 e. The van der Waals surface area contributed by atoms with Crippen LogP contribution in [0.1, 0.15) is 21.6 Å². The fourth-order valence-electron chi connectivity index (χ4n) is 2.22. The van der Waals surface area contributed by atoms with Gasteiger partial charge in [-0.1, -0.05) is 17.3 Å². The third-order valence-corrected chi connectivity index (χ3v) is 3.37. The Labute approximate surface area is 128 Å². The standard InChI is InChI=1S/C17H16N4O/c1-12-4-3-5-15(10-12)19-17(22)14-6-8-16(9-7-14)21-13(2)11-18-20-21/h3-11H,1-2H3,(H,19,22). The van der Waals surface area contributed by atoms with Crippen LogP contribution in [0.2, 0.25) is 0 Å². The Bertz CT molecular complexity index is 806. The van der Waals surface area contributed by atoms with Gasteiger partial charge in [0.2, 0.25) is 0 Å². The van der Waals surface area contributed by atoms with Crippen molar-refractivity contribution in [3.05, 3.63) is 71.5 Å². The minimum absolute atomic E-state index is 0.132. The molecule has 110 valence electrons. The average Bonchev–Trinajstić information content (AvgIpc) is 2.93. The van der Waals surface area contributed by atoms with Crippen molar-refractivity contribution in [2.75, 3.05) is 5.32 Å². The molecule has 0 saturated carbocycles. The number of anilines is 1. The van der Waals surface area contributed by atoms with Crippen LogP contribution in [0, 0.1) is 13.8 Å². The van der Waals surface area contributed by atoms with Gasteiger partial charge in [0.1, 0.15) is 0 Å². The van der Waals surface area contributed by atoms with Gasteiger partial charge in [-0.05, 0) is 55.8 Å². The van der Waals surface area contributed by atoms with Gasteiger partial charge in [-0.15, -0.1) is 5.10 Å². The Balaban J connectivity index is 1.78. The molecule has 0 spiro atoms. The molecule has 2 aromatic carbocycles. The largest absolute Gasteiger partial charge is 0.322 e. The van der Waals surface area contributed by atoms with E-state index in [2.05, 4.69) is 15.6 Å². The third kappa shape index (κ3) is 2.88. The lowest BCUT2D eigenvalue weighted by Gasteiger charge is -2.07. The second-order valence-electron chi connectivity index (χ2n) is 5.16. The number of carbonyl (C=O) groups is 1. The summed E-state index contributed by atoms with van der Waals surface area (Å²) in [7, 11) is 0. The van der Waals surface area contributed by atoms with Crippen LogP contribution in [0.5, 0.6) is 0 Å². The second-order valence-corrected chi connectivity index (χ2v) is 5.16. The first-order chi connectivity index (χ1) is 10.6. The van der Waals surface area contributed by atoms with Gasteiger partial charge in [-0.2, -0.15) is 0 Å². The number of nitrogens with one attached hydrogen (secondary N) is 1. The van der Waals surface area contributed by atoms with E-state index in [0.29, 0.717) is 5.56 Å². The molecular weight excluding hydrogens is 276 g/mol. The maximum absolute atomic E-state index is 12.2. The zero-order valence-corrected chi connectivity index (χ0v) is 12.4. The van der Waals surface area contributed by atoms with E-state index in [9.17, 15) is 4.79 Å². The number of benzene rings is 2. The minimum Gasteiger partial charge on any atom is -0.322 e. The predicted octanol–water partition coefficient (Wildman–Crippen LogP) is 3.14. The van der Waals surface area contributed by atoms with E-state index in [0.717, 1.165) is 22.6 Å². The highest BCUT2D eigenvalue weighted by Crippen LogP contribution is 2.14. The van der Waals surface area contributed by atoms with Crippen molar-refractivity contribution < 1.29 is 4.79 Å². The van der Waals surface area contributed by atoms with Crippen LogP contribution >= 0.6 is 0 Å². The SMILES string of the molecule is Cc1cccc(NC(=O)c2ccc(-n3nncc3C)cc2)c1. The monoisotopic (exact) mass is 292 g/mol. The molecule has 0 radical (unpaired) electrons. The average molecular weight is 292 g/mol. The first-order valence-corrected chi connectivity index (χ1v) is 6.99. The number of aromatic nitrogens is 3. The molecule has 3 rings (SSSR count). The first kappa shape index (κ1) is 14.0. The molecule has 0 aliphatic carbocycles. The van der Waals surface area contributed by atoms with Crippen molar-refractivity contribution in [1.29, 1.82) is 0 Å². The summed E-state index contributed by atoms with van der Waals surface area (Å²) in [5.41, 5.74) is 4.32. The molecule has 0 unspecified atom stereocenters. The molecular formula is C17H16N4O. The molecule has 3 aromatic rings. The molecule has 0 aliphatic rings. The van der Waals surface area contributed by atoms with Gasteiger partial charge >= 0.3 is 0 Å². The van der Waals surface area contributed by atoms with Crippen LogP contribution in [-0.2, 0) is 0 Å².